The molecule has 2 aromatic heterocycles. The number of aliphatic imine (C=N–C) groups is 1. The second-order valence-corrected chi connectivity index (χ2v) is 7.11. The van der Waals surface area contributed by atoms with Gasteiger partial charge in [-0.15, -0.1) is 11.3 Å². The number of fused-ring (bicyclic) bond motifs is 1. The Labute approximate surface area is 138 Å². The van der Waals surface area contributed by atoms with Crippen LogP contribution in [0.2, 0.25) is 0 Å². The van der Waals surface area contributed by atoms with Gasteiger partial charge in [0.1, 0.15) is 0 Å². The standard InChI is InChI=1S/C17H19FN4S/c18-15-10-8-20-9-11(10)16(14-6-3-7-23-14)22-17(15)21-13-5-2-1-4-12(13)19/h3,6-7,9,12-13H,1-2,4-5,8,19H2,(H,21,22)/t12-,13+/m0/s1. The van der Waals surface area contributed by atoms with Crippen LogP contribution in [0, 0.1) is 5.82 Å². The van der Waals surface area contributed by atoms with Gasteiger partial charge in [-0.3, -0.25) is 4.99 Å². The van der Waals surface area contributed by atoms with Crippen molar-refractivity contribution in [2.45, 2.75) is 44.3 Å². The molecular formula is C17H19FN4S. The summed E-state index contributed by atoms with van der Waals surface area (Å²) in [6.07, 6.45) is 5.94. The molecule has 4 rings (SSSR count). The Morgan fingerprint density at radius 2 is 2.17 bits per heavy atom. The number of halogens is 1. The maximum atomic E-state index is 14.8. The van der Waals surface area contributed by atoms with Gasteiger partial charge in [0.05, 0.1) is 17.1 Å². The summed E-state index contributed by atoms with van der Waals surface area (Å²) in [4.78, 5) is 9.86. The normalized spacial score (nSPS) is 23.0. The highest BCUT2D eigenvalue weighted by atomic mass is 32.1. The van der Waals surface area contributed by atoms with E-state index in [2.05, 4.69) is 15.3 Å². The summed E-state index contributed by atoms with van der Waals surface area (Å²) in [5.41, 5.74) is 8.44. The monoisotopic (exact) mass is 330 g/mol. The van der Waals surface area contributed by atoms with Crippen LogP contribution in [-0.4, -0.2) is 23.3 Å². The Morgan fingerprint density at radius 3 is 2.96 bits per heavy atom. The second kappa shape index (κ2) is 6.02. The van der Waals surface area contributed by atoms with Crippen LogP contribution in [0.3, 0.4) is 0 Å². The lowest BCUT2D eigenvalue weighted by Crippen LogP contribution is -2.43. The topological polar surface area (TPSA) is 63.3 Å². The van der Waals surface area contributed by atoms with Crippen molar-refractivity contribution in [1.82, 2.24) is 4.98 Å². The SMILES string of the molecule is N[C@H]1CCCC[C@H]1Nc1nc(-c2cccs2)c2c(c1F)CN=C2. The number of anilines is 1. The van der Waals surface area contributed by atoms with Crippen LogP contribution in [0.1, 0.15) is 36.8 Å². The highest BCUT2D eigenvalue weighted by Crippen LogP contribution is 2.34. The minimum atomic E-state index is -0.282. The minimum absolute atomic E-state index is 0.0552. The van der Waals surface area contributed by atoms with Crippen LogP contribution < -0.4 is 11.1 Å². The molecule has 4 nitrogen and oxygen atoms in total. The van der Waals surface area contributed by atoms with Crippen molar-refractivity contribution in [2.75, 3.05) is 5.32 Å². The highest BCUT2D eigenvalue weighted by Gasteiger charge is 2.27. The highest BCUT2D eigenvalue weighted by molar-refractivity contribution is 7.13. The van der Waals surface area contributed by atoms with Gasteiger partial charge in [-0.1, -0.05) is 18.9 Å². The molecule has 2 aromatic rings. The van der Waals surface area contributed by atoms with Crippen LogP contribution >= 0.6 is 11.3 Å². The molecule has 0 bridgehead atoms. The molecule has 2 atom stereocenters. The quantitative estimate of drug-likeness (QED) is 0.904. The second-order valence-electron chi connectivity index (χ2n) is 6.16. The van der Waals surface area contributed by atoms with E-state index in [0.29, 0.717) is 17.9 Å². The largest absolute Gasteiger partial charge is 0.363 e. The molecule has 1 saturated carbocycles. The number of hydrogen-bond acceptors (Lipinski definition) is 5. The number of aromatic nitrogens is 1. The van der Waals surface area contributed by atoms with E-state index in [1.807, 2.05) is 17.5 Å². The molecule has 23 heavy (non-hydrogen) atoms. The fourth-order valence-electron chi connectivity index (χ4n) is 3.36. The van der Waals surface area contributed by atoms with Crippen molar-refractivity contribution in [1.29, 1.82) is 0 Å². The van der Waals surface area contributed by atoms with Gasteiger partial charge in [0.25, 0.3) is 0 Å². The molecule has 1 aliphatic heterocycles. The van der Waals surface area contributed by atoms with Crippen molar-refractivity contribution in [3.63, 3.8) is 0 Å². The van der Waals surface area contributed by atoms with Gasteiger partial charge in [0, 0.05) is 29.4 Å². The Kier molecular flexibility index (Phi) is 3.87. The Morgan fingerprint density at radius 1 is 1.30 bits per heavy atom. The predicted molar refractivity (Wildman–Crippen MR) is 92.7 cm³/mol. The van der Waals surface area contributed by atoms with Gasteiger partial charge in [0.2, 0.25) is 0 Å². The maximum absolute atomic E-state index is 14.8. The Balaban J connectivity index is 1.74. The van der Waals surface area contributed by atoms with Gasteiger partial charge in [-0.2, -0.15) is 0 Å². The number of nitrogens with one attached hydrogen (secondary N) is 1. The van der Waals surface area contributed by atoms with Gasteiger partial charge < -0.3 is 11.1 Å². The zero-order valence-electron chi connectivity index (χ0n) is 12.8. The van der Waals surface area contributed by atoms with Crippen LogP contribution in [-0.2, 0) is 6.54 Å². The van der Waals surface area contributed by atoms with Crippen LogP contribution in [0.5, 0.6) is 0 Å². The predicted octanol–water partition coefficient (Wildman–Crippen LogP) is 3.56. The molecule has 0 aromatic carbocycles. The zero-order valence-corrected chi connectivity index (χ0v) is 13.6. The van der Waals surface area contributed by atoms with Crippen molar-refractivity contribution in [2.24, 2.45) is 10.7 Å². The van der Waals surface area contributed by atoms with Crippen LogP contribution in [0.15, 0.2) is 22.5 Å². The fraction of sp³-hybridized carbons (Fsp3) is 0.412. The molecule has 3 N–H and O–H groups in total. The minimum Gasteiger partial charge on any atom is -0.363 e. The van der Waals surface area contributed by atoms with Crippen molar-refractivity contribution in [3.8, 4) is 10.6 Å². The zero-order chi connectivity index (χ0) is 15.8. The summed E-state index contributed by atoms with van der Waals surface area (Å²) in [5.74, 6) is 0.0376. The molecule has 6 heteroatoms. The van der Waals surface area contributed by atoms with Crippen molar-refractivity contribution < 1.29 is 4.39 Å². The van der Waals surface area contributed by atoms with E-state index in [-0.39, 0.29) is 17.9 Å². The lowest BCUT2D eigenvalue weighted by molar-refractivity contribution is 0.402. The first-order valence-electron chi connectivity index (χ1n) is 8.02. The van der Waals surface area contributed by atoms with Crippen molar-refractivity contribution in [3.05, 3.63) is 34.5 Å². The van der Waals surface area contributed by atoms with E-state index in [4.69, 9.17) is 5.73 Å². The van der Waals surface area contributed by atoms with E-state index in [9.17, 15) is 4.39 Å². The van der Waals surface area contributed by atoms with Gasteiger partial charge in [0.15, 0.2) is 11.6 Å². The smallest absolute Gasteiger partial charge is 0.171 e. The first-order chi connectivity index (χ1) is 11.2. The molecule has 0 amide bonds. The van der Waals surface area contributed by atoms with E-state index < -0.39 is 0 Å². The first-order valence-corrected chi connectivity index (χ1v) is 8.90. The molecule has 1 fully saturated rings. The average Bonchev–Trinajstić information content (AvgIpc) is 3.23. The third-order valence-corrected chi connectivity index (χ3v) is 5.52. The maximum Gasteiger partial charge on any atom is 0.171 e. The summed E-state index contributed by atoms with van der Waals surface area (Å²) in [7, 11) is 0. The molecule has 0 unspecified atom stereocenters. The number of nitrogens with two attached hydrogens (primary N) is 1. The van der Waals surface area contributed by atoms with Gasteiger partial charge in [-0.05, 0) is 24.3 Å². The molecule has 2 aliphatic rings. The summed E-state index contributed by atoms with van der Waals surface area (Å²) in [6, 6.07) is 4.13. The average molecular weight is 330 g/mol. The summed E-state index contributed by atoms with van der Waals surface area (Å²) >= 11 is 1.60. The first kappa shape index (κ1) is 14.8. The van der Waals surface area contributed by atoms with Crippen LogP contribution in [0.4, 0.5) is 10.2 Å². The molecule has 0 saturated heterocycles. The molecule has 120 valence electrons. The molecule has 1 aliphatic carbocycles. The number of rotatable bonds is 3. The lowest BCUT2D eigenvalue weighted by atomic mass is 9.91. The number of pyridine rings is 1. The van der Waals surface area contributed by atoms with Crippen molar-refractivity contribution >= 4 is 23.4 Å². The molecule has 0 spiro atoms. The van der Waals surface area contributed by atoms with E-state index in [0.717, 1.165) is 41.8 Å². The number of thiophene rings is 1. The van der Waals surface area contributed by atoms with E-state index in [1.165, 1.54) is 0 Å². The van der Waals surface area contributed by atoms with Crippen LogP contribution in [0.25, 0.3) is 10.6 Å². The Hall–Kier alpha value is -1.79. The third kappa shape index (κ3) is 2.66. The number of hydrogen-bond donors (Lipinski definition) is 2. The number of nitrogens with zero attached hydrogens (tertiary/aromatic N) is 2. The van der Waals surface area contributed by atoms with E-state index in [1.54, 1.807) is 17.6 Å². The molecule has 0 radical (unpaired) electrons. The van der Waals surface area contributed by atoms with E-state index >= 15 is 0 Å². The lowest BCUT2D eigenvalue weighted by Gasteiger charge is -2.30. The summed E-state index contributed by atoms with van der Waals surface area (Å²) in [6.45, 7) is 0.382. The Bertz CT molecular complexity index is 742. The summed E-state index contributed by atoms with van der Waals surface area (Å²) in [5, 5.41) is 5.27. The molecule has 3 heterocycles. The van der Waals surface area contributed by atoms with Gasteiger partial charge >= 0.3 is 0 Å². The van der Waals surface area contributed by atoms with Gasteiger partial charge in [-0.25, -0.2) is 9.37 Å². The molecular weight excluding hydrogens is 311 g/mol. The fourth-order valence-corrected chi connectivity index (χ4v) is 4.09. The third-order valence-electron chi connectivity index (χ3n) is 4.64. The summed E-state index contributed by atoms with van der Waals surface area (Å²) < 4.78 is 14.8.